The maximum absolute atomic E-state index is 5.00. The summed E-state index contributed by atoms with van der Waals surface area (Å²) in [6.45, 7) is 5.91. The lowest BCUT2D eigenvalue weighted by atomic mass is 10.2. The Hall–Kier alpha value is -1.13. The number of aryl methyl sites for hydroxylation is 2. The van der Waals surface area contributed by atoms with Crippen molar-refractivity contribution in [3.63, 3.8) is 0 Å². The predicted molar refractivity (Wildman–Crippen MR) is 60.8 cm³/mol. The van der Waals surface area contributed by atoms with E-state index in [0.717, 1.165) is 18.8 Å². The fourth-order valence-corrected chi connectivity index (χ4v) is 2.46. The summed E-state index contributed by atoms with van der Waals surface area (Å²) in [6.07, 6.45) is 1.66. The summed E-state index contributed by atoms with van der Waals surface area (Å²) in [7, 11) is 0. The minimum atomic E-state index is 0.730. The van der Waals surface area contributed by atoms with Gasteiger partial charge in [-0.05, 0) is 25.5 Å². The Morgan fingerprint density at radius 1 is 1.40 bits per heavy atom. The van der Waals surface area contributed by atoms with Gasteiger partial charge in [-0.25, -0.2) is 0 Å². The second-order valence-corrected chi connectivity index (χ2v) is 4.98. The topological polar surface area (TPSA) is 38.1 Å². The van der Waals surface area contributed by atoms with E-state index in [9.17, 15) is 0 Å². The van der Waals surface area contributed by atoms with Crippen molar-refractivity contribution in [2.24, 2.45) is 0 Å². The third-order valence-electron chi connectivity index (χ3n) is 2.25. The molecule has 0 saturated heterocycles. The Morgan fingerprint density at radius 3 is 2.87 bits per heavy atom. The van der Waals surface area contributed by atoms with Crippen molar-refractivity contribution in [3.8, 4) is 0 Å². The van der Waals surface area contributed by atoms with E-state index in [0.29, 0.717) is 0 Å². The lowest BCUT2D eigenvalue weighted by molar-refractivity contribution is 0.373. The molecule has 0 unspecified atom stereocenters. The van der Waals surface area contributed by atoms with Crippen molar-refractivity contribution < 1.29 is 4.52 Å². The van der Waals surface area contributed by atoms with Gasteiger partial charge in [0.1, 0.15) is 5.76 Å². The molecule has 2 rings (SSSR count). The molecule has 15 heavy (non-hydrogen) atoms. The zero-order valence-electron chi connectivity index (χ0n) is 8.91. The van der Waals surface area contributed by atoms with Crippen molar-refractivity contribution in [3.05, 3.63) is 39.4 Å². The first-order valence-corrected chi connectivity index (χ1v) is 5.73. The van der Waals surface area contributed by atoms with Crippen LogP contribution in [0.15, 0.2) is 22.9 Å². The SMILES string of the molecule is Cc1cc(CNCc2ccno2)c(C)s1. The summed E-state index contributed by atoms with van der Waals surface area (Å²) in [6, 6.07) is 4.10. The molecule has 0 aliphatic heterocycles. The van der Waals surface area contributed by atoms with E-state index in [1.54, 1.807) is 6.20 Å². The highest BCUT2D eigenvalue weighted by Gasteiger charge is 2.02. The van der Waals surface area contributed by atoms with Crippen LogP contribution in [-0.4, -0.2) is 5.16 Å². The number of hydrogen-bond donors (Lipinski definition) is 1. The number of nitrogens with zero attached hydrogens (tertiary/aromatic N) is 1. The van der Waals surface area contributed by atoms with Crippen LogP contribution in [0.3, 0.4) is 0 Å². The zero-order valence-corrected chi connectivity index (χ0v) is 9.73. The van der Waals surface area contributed by atoms with Crippen LogP contribution in [0.4, 0.5) is 0 Å². The molecule has 0 amide bonds. The van der Waals surface area contributed by atoms with Crippen molar-refractivity contribution in [2.45, 2.75) is 26.9 Å². The summed E-state index contributed by atoms with van der Waals surface area (Å²) >= 11 is 1.84. The maximum atomic E-state index is 5.00. The van der Waals surface area contributed by atoms with E-state index in [4.69, 9.17) is 4.52 Å². The van der Waals surface area contributed by atoms with Gasteiger partial charge in [-0.1, -0.05) is 5.16 Å². The van der Waals surface area contributed by atoms with Gasteiger partial charge in [0, 0.05) is 22.4 Å². The van der Waals surface area contributed by atoms with Gasteiger partial charge in [0.25, 0.3) is 0 Å². The van der Waals surface area contributed by atoms with Gasteiger partial charge in [0.2, 0.25) is 0 Å². The molecule has 4 heteroatoms. The van der Waals surface area contributed by atoms with Crippen LogP contribution < -0.4 is 5.32 Å². The highest BCUT2D eigenvalue weighted by atomic mass is 32.1. The lowest BCUT2D eigenvalue weighted by Gasteiger charge is -2.00. The molecule has 80 valence electrons. The van der Waals surface area contributed by atoms with Gasteiger partial charge < -0.3 is 9.84 Å². The highest BCUT2D eigenvalue weighted by Crippen LogP contribution is 2.20. The van der Waals surface area contributed by atoms with Crippen LogP contribution in [0, 0.1) is 13.8 Å². The van der Waals surface area contributed by atoms with E-state index in [2.05, 4.69) is 30.4 Å². The van der Waals surface area contributed by atoms with Crippen LogP contribution in [0.2, 0.25) is 0 Å². The predicted octanol–water partition coefficient (Wildman–Crippen LogP) is 2.64. The van der Waals surface area contributed by atoms with E-state index >= 15 is 0 Å². The Balaban J connectivity index is 1.86. The van der Waals surface area contributed by atoms with Crippen LogP contribution >= 0.6 is 11.3 Å². The number of thiophene rings is 1. The summed E-state index contributed by atoms with van der Waals surface area (Å²) in [5, 5.41) is 6.99. The van der Waals surface area contributed by atoms with Gasteiger partial charge in [-0.2, -0.15) is 0 Å². The molecule has 0 aliphatic rings. The Morgan fingerprint density at radius 2 is 2.27 bits per heavy atom. The van der Waals surface area contributed by atoms with E-state index in [1.807, 2.05) is 17.4 Å². The monoisotopic (exact) mass is 222 g/mol. The molecule has 0 spiro atoms. The Kier molecular flexibility index (Phi) is 3.18. The Labute approximate surface area is 93.1 Å². The molecule has 0 radical (unpaired) electrons. The first kappa shape index (κ1) is 10.4. The molecular formula is C11H14N2OS. The van der Waals surface area contributed by atoms with Gasteiger partial charge in [0.15, 0.2) is 0 Å². The summed E-state index contributed by atoms with van der Waals surface area (Å²) in [5.74, 6) is 0.875. The smallest absolute Gasteiger partial charge is 0.150 e. The molecule has 0 fully saturated rings. The number of nitrogens with one attached hydrogen (secondary N) is 1. The molecule has 3 nitrogen and oxygen atoms in total. The lowest BCUT2D eigenvalue weighted by Crippen LogP contribution is -2.12. The van der Waals surface area contributed by atoms with E-state index < -0.39 is 0 Å². The minimum Gasteiger partial charge on any atom is -0.360 e. The summed E-state index contributed by atoms with van der Waals surface area (Å²) in [5.41, 5.74) is 1.37. The molecule has 0 aliphatic carbocycles. The zero-order chi connectivity index (χ0) is 10.7. The maximum Gasteiger partial charge on any atom is 0.150 e. The van der Waals surface area contributed by atoms with Crippen LogP contribution in [-0.2, 0) is 13.1 Å². The number of aromatic nitrogens is 1. The van der Waals surface area contributed by atoms with Crippen LogP contribution in [0.25, 0.3) is 0 Å². The quantitative estimate of drug-likeness (QED) is 0.864. The molecule has 0 atom stereocenters. The summed E-state index contributed by atoms with van der Waals surface area (Å²) < 4.78 is 5.00. The van der Waals surface area contributed by atoms with Crippen LogP contribution in [0.5, 0.6) is 0 Å². The standard InChI is InChI=1S/C11H14N2OS/c1-8-5-10(9(2)15-8)6-12-7-11-3-4-13-14-11/h3-5,12H,6-7H2,1-2H3. The number of hydrogen-bond acceptors (Lipinski definition) is 4. The third kappa shape index (κ3) is 2.67. The third-order valence-corrected chi connectivity index (χ3v) is 3.26. The van der Waals surface area contributed by atoms with Gasteiger partial charge >= 0.3 is 0 Å². The van der Waals surface area contributed by atoms with E-state index in [-0.39, 0.29) is 0 Å². The highest BCUT2D eigenvalue weighted by molar-refractivity contribution is 7.12. The molecule has 2 aromatic rings. The fourth-order valence-electron chi connectivity index (χ4n) is 1.51. The second kappa shape index (κ2) is 4.59. The van der Waals surface area contributed by atoms with Gasteiger partial charge in [0.05, 0.1) is 12.7 Å². The van der Waals surface area contributed by atoms with Crippen molar-refractivity contribution in [1.82, 2.24) is 10.5 Å². The first-order valence-electron chi connectivity index (χ1n) is 4.92. The molecule has 2 aromatic heterocycles. The van der Waals surface area contributed by atoms with Crippen molar-refractivity contribution >= 4 is 11.3 Å². The van der Waals surface area contributed by atoms with Crippen molar-refractivity contribution in [2.75, 3.05) is 0 Å². The molecular weight excluding hydrogens is 208 g/mol. The second-order valence-electron chi connectivity index (χ2n) is 3.52. The van der Waals surface area contributed by atoms with Crippen LogP contribution in [0.1, 0.15) is 21.1 Å². The molecule has 2 heterocycles. The minimum absolute atomic E-state index is 0.730. The first-order chi connectivity index (χ1) is 7.25. The largest absolute Gasteiger partial charge is 0.360 e. The molecule has 0 saturated carbocycles. The normalized spacial score (nSPS) is 10.8. The van der Waals surface area contributed by atoms with E-state index in [1.165, 1.54) is 15.3 Å². The van der Waals surface area contributed by atoms with Gasteiger partial charge in [-0.15, -0.1) is 11.3 Å². The molecule has 1 N–H and O–H groups in total. The summed E-state index contributed by atoms with van der Waals surface area (Å²) in [4.78, 5) is 2.75. The molecule has 0 bridgehead atoms. The fraction of sp³-hybridized carbons (Fsp3) is 0.364. The Bertz CT molecular complexity index is 420. The van der Waals surface area contributed by atoms with Crippen molar-refractivity contribution in [1.29, 1.82) is 0 Å². The average molecular weight is 222 g/mol. The number of rotatable bonds is 4. The molecule has 0 aromatic carbocycles. The van der Waals surface area contributed by atoms with Gasteiger partial charge in [-0.3, -0.25) is 0 Å². The average Bonchev–Trinajstić information content (AvgIpc) is 2.77.